The Kier molecular flexibility index (Phi) is 3.70. The largest absolute Gasteiger partial charge is 0.382 e. The first-order valence-electron chi connectivity index (χ1n) is 7.11. The molecule has 0 aliphatic carbocycles. The Balaban J connectivity index is 1.93. The van der Waals surface area contributed by atoms with E-state index in [9.17, 15) is 10.1 Å². The summed E-state index contributed by atoms with van der Waals surface area (Å²) in [5, 5.41) is 16.1. The van der Waals surface area contributed by atoms with Crippen LogP contribution in [0.5, 0.6) is 0 Å². The third kappa shape index (κ3) is 2.80. The number of nitrogens with zero attached hydrogens (tertiary/aromatic N) is 3. The van der Waals surface area contributed by atoms with Gasteiger partial charge in [0.15, 0.2) is 0 Å². The molecule has 0 amide bonds. The van der Waals surface area contributed by atoms with Gasteiger partial charge in [0.2, 0.25) is 0 Å². The van der Waals surface area contributed by atoms with Crippen LogP contribution in [0.1, 0.15) is 12.8 Å². The summed E-state index contributed by atoms with van der Waals surface area (Å²) < 4.78 is 0. The number of rotatable bonds is 3. The normalized spacial score (nSPS) is 17.0. The van der Waals surface area contributed by atoms with Crippen LogP contribution < -0.4 is 5.32 Å². The Labute approximate surface area is 122 Å². The van der Waals surface area contributed by atoms with Crippen LogP contribution in [0.15, 0.2) is 30.6 Å². The molecule has 1 N–H and O–H groups in total. The number of nitro benzene ring substituents is 1. The van der Waals surface area contributed by atoms with Gasteiger partial charge in [-0.05, 0) is 45.1 Å². The Morgan fingerprint density at radius 2 is 2.05 bits per heavy atom. The lowest BCUT2D eigenvalue weighted by Gasteiger charge is -2.30. The lowest BCUT2D eigenvalue weighted by molar-refractivity contribution is -0.383. The fourth-order valence-electron chi connectivity index (χ4n) is 2.83. The molecule has 2 aromatic rings. The Bertz CT molecular complexity index is 666. The van der Waals surface area contributed by atoms with Gasteiger partial charge in [0, 0.05) is 35.6 Å². The molecule has 3 rings (SSSR count). The highest BCUT2D eigenvalue weighted by Crippen LogP contribution is 2.31. The fourth-order valence-corrected chi connectivity index (χ4v) is 2.83. The summed E-state index contributed by atoms with van der Waals surface area (Å²) in [6.45, 7) is 2.14. The quantitative estimate of drug-likeness (QED) is 0.693. The maximum absolute atomic E-state index is 11.1. The summed E-state index contributed by atoms with van der Waals surface area (Å²) in [6.07, 6.45) is 5.44. The number of pyridine rings is 1. The fraction of sp³-hybridized carbons (Fsp3) is 0.400. The van der Waals surface area contributed by atoms with E-state index >= 15 is 0 Å². The van der Waals surface area contributed by atoms with Crippen molar-refractivity contribution in [2.45, 2.75) is 18.9 Å². The van der Waals surface area contributed by atoms with Crippen LogP contribution >= 0.6 is 0 Å². The zero-order valence-electron chi connectivity index (χ0n) is 12.0. The van der Waals surface area contributed by atoms with Crippen molar-refractivity contribution < 1.29 is 4.92 Å². The van der Waals surface area contributed by atoms with Gasteiger partial charge in [0.05, 0.1) is 10.3 Å². The summed E-state index contributed by atoms with van der Waals surface area (Å²) in [4.78, 5) is 17.2. The molecule has 1 aromatic carbocycles. The Morgan fingerprint density at radius 1 is 1.29 bits per heavy atom. The van der Waals surface area contributed by atoms with E-state index in [-0.39, 0.29) is 10.6 Å². The number of hydrogen-bond donors (Lipinski definition) is 1. The van der Waals surface area contributed by atoms with Gasteiger partial charge in [-0.2, -0.15) is 0 Å². The maximum atomic E-state index is 11.1. The second kappa shape index (κ2) is 5.65. The smallest absolute Gasteiger partial charge is 0.277 e. The number of hydrogen-bond acceptors (Lipinski definition) is 5. The number of likely N-dealkylation sites (tertiary alicyclic amines) is 1. The summed E-state index contributed by atoms with van der Waals surface area (Å²) in [5.41, 5.74) is 1.06. The van der Waals surface area contributed by atoms with Gasteiger partial charge in [-0.25, -0.2) is 0 Å². The summed E-state index contributed by atoms with van der Waals surface area (Å²) in [6, 6.07) is 5.47. The van der Waals surface area contributed by atoms with Crippen molar-refractivity contribution in [2.75, 3.05) is 25.5 Å². The van der Waals surface area contributed by atoms with Crippen LogP contribution in [0, 0.1) is 10.1 Å². The molecule has 0 spiro atoms. The molecule has 0 saturated carbocycles. The van der Waals surface area contributed by atoms with E-state index in [1.807, 2.05) is 0 Å². The minimum absolute atomic E-state index is 0.126. The van der Waals surface area contributed by atoms with E-state index in [2.05, 4.69) is 22.2 Å². The van der Waals surface area contributed by atoms with E-state index in [0.29, 0.717) is 11.4 Å². The lowest BCUT2D eigenvalue weighted by atomic mass is 10.0. The van der Waals surface area contributed by atoms with Crippen molar-refractivity contribution in [1.29, 1.82) is 0 Å². The molecule has 1 aliphatic rings. The monoisotopic (exact) mass is 286 g/mol. The molecule has 2 heterocycles. The van der Waals surface area contributed by atoms with Crippen LogP contribution in [0.2, 0.25) is 0 Å². The number of non-ortho nitro benzene ring substituents is 1. The molecule has 0 atom stereocenters. The van der Waals surface area contributed by atoms with Crippen molar-refractivity contribution in [2.24, 2.45) is 0 Å². The molecule has 21 heavy (non-hydrogen) atoms. The first-order chi connectivity index (χ1) is 10.1. The Hall–Kier alpha value is -2.21. The van der Waals surface area contributed by atoms with Crippen LogP contribution in [0.4, 0.5) is 11.4 Å². The van der Waals surface area contributed by atoms with Gasteiger partial charge < -0.3 is 10.2 Å². The summed E-state index contributed by atoms with van der Waals surface area (Å²) in [7, 11) is 2.13. The zero-order chi connectivity index (χ0) is 14.8. The maximum Gasteiger partial charge on any atom is 0.277 e. The predicted molar refractivity (Wildman–Crippen MR) is 82.5 cm³/mol. The number of aromatic nitrogens is 1. The average molecular weight is 286 g/mol. The highest BCUT2D eigenvalue weighted by atomic mass is 16.6. The van der Waals surface area contributed by atoms with Gasteiger partial charge >= 0.3 is 0 Å². The van der Waals surface area contributed by atoms with Crippen LogP contribution in [-0.4, -0.2) is 41.0 Å². The van der Waals surface area contributed by atoms with Gasteiger partial charge in [-0.15, -0.1) is 0 Å². The SMILES string of the molecule is CN1CCC(Nc2ccc([N+](=O)[O-])c3ccncc23)CC1. The van der Waals surface area contributed by atoms with E-state index in [1.165, 1.54) is 0 Å². The lowest BCUT2D eigenvalue weighted by Crippen LogP contribution is -2.36. The van der Waals surface area contributed by atoms with E-state index in [4.69, 9.17) is 0 Å². The molecule has 0 unspecified atom stereocenters. The second-order valence-corrected chi connectivity index (χ2v) is 5.53. The standard InChI is InChI=1S/C15H18N4O2/c1-18-8-5-11(6-9-18)17-14-2-3-15(19(20)21)12-4-7-16-10-13(12)14/h2-4,7,10-11,17H,5-6,8-9H2,1H3. The molecule has 0 radical (unpaired) electrons. The number of nitro groups is 1. The number of anilines is 1. The molecule has 0 bridgehead atoms. The number of benzene rings is 1. The predicted octanol–water partition coefficient (Wildman–Crippen LogP) is 2.65. The molecule has 1 aliphatic heterocycles. The number of nitrogens with one attached hydrogen (secondary N) is 1. The van der Waals surface area contributed by atoms with Crippen molar-refractivity contribution in [3.8, 4) is 0 Å². The number of fused-ring (bicyclic) bond motifs is 1. The van der Waals surface area contributed by atoms with E-state index < -0.39 is 0 Å². The zero-order valence-corrected chi connectivity index (χ0v) is 12.0. The Morgan fingerprint density at radius 3 is 2.76 bits per heavy atom. The topological polar surface area (TPSA) is 71.3 Å². The first kappa shape index (κ1) is 13.8. The third-order valence-electron chi connectivity index (χ3n) is 4.07. The highest BCUT2D eigenvalue weighted by molar-refractivity contribution is 5.99. The van der Waals surface area contributed by atoms with Gasteiger partial charge in [-0.1, -0.05) is 0 Å². The summed E-state index contributed by atoms with van der Waals surface area (Å²) in [5.74, 6) is 0. The van der Waals surface area contributed by atoms with Crippen LogP contribution in [-0.2, 0) is 0 Å². The van der Waals surface area contributed by atoms with E-state index in [1.54, 1.807) is 30.6 Å². The minimum atomic E-state index is -0.346. The van der Waals surface area contributed by atoms with Crippen LogP contribution in [0.3, 0.4) is 0 Å². The first-order valence-corrected chi connectivity index (χ1v) is 7.11. The molecular formula is C15H18N4O2. The van der Waals surface area contributed by atoms with Gasteiger partial charge in [-0.3, -0.25) is 15.1 Å². The minimum Gasteiger partial charge on any atom is -0.382 e. The molecule has 1 saturated heterocycles. The molecule has 110 valence electrons. The molecule has 1 aromatic heterocycles. The van der Waals surface area contributed by atoms with Crippen molar-refractivity contribution in [3.05, 3.63) is 40.7 Å². The van der Waals surface area contributed by atoms with Crippen molar-refractivity contribution in [1.82, 2.24) is 9.88 Å². The van der Waals surface area contributed by atoms with Crippen LogP contribution in [0.25, 0.3) is 10.8 Å². The van der Waals surface area contributed by atoms with E-state index in [0.717, 1.165) is 37.0 Å². The molecule has 6 nitrogen and oxygen atoms in total. The molecular weight excluding hydrogens is 268 g/mol. The van der Waals surface area contributed by atoms with Crippen molar-refractivity contribution in [3.63, 3.8) is 0 Å². The molecule has 6 heteroatoms. The second-order valence-electron chi connectivity index (χ2n) is 5.53. The third-order valence-corrected chi connectivity index (χ3v) is 4.07. The summed E-state index contributed by atoms with van der Waals surface area (Å²) >= 11 is 0. The highest BCUT2D eigenvalue weighted by Gasteiger charge is 2.19. The number of piperidine rings is 1. The molecule has 1 fully saturated rings. The van der Waals surface area contributed by atoms with Gasteiger partial charge in [0.25, 0.3) is 5.69 Å². The average Bonchev–Trinajstić information content (AvgIpc) is 2.49. The van der Waals surface area contributed by atoms with Crippen molar-refractivity contribution >= 4 is 22.1 Å². The van der Waals surface area contributed by atoms with Gasteiger partial charge in [0.1, 0.15) is 0 Å².